The highest BCUT2D eigenvalue weighted by molar-refractivity contribution is 7.86. The second-order valence-electron chi connectivity index (χ2n) is 3.76. The van der Waals surface area contributed by atoms with E-state index in [1.165, 1.54) is 0 Å². The third-order valence-corrected chi connectivity index (χ3v) is 4.12. The largest absolute Gasteiger partial charge is 0.545 e. The maximum Gasteiger partial charge on any atom is 0.268 e. The van der Waals surface area contributed by atoms with Gasteiger partial charge in [0.1, 0.15) is 0 Å². The molecule has 0 spiro atoms. The Labute approximate surface area is 88.5 Å². The number of carbonyl (C=O) groups is 1. The van der Waals surface area contributed by atoms with Crippen LogP contribution in [-0.4, -0.2) is 24.2 Å². The van der Waals surface area contributed by atoms with Crippen molar-refractivity contribution in [3.05, 3.63) is 12.2 Å². The van der Waals surface area contributed by atoms with Crippen LogP contribution < -0.4 is 5.11 Å². The predicted octanol–water partition coefficient (Wildman–Crippen LogP) is -0.261. The van der Waals surface area contributed by atoms with Crippen LogP contribution in [-0.2, 0) is 14.9 Å². The Balaban J connectivity index is 2.93. The summed E-state index contributed by atoms with van der Waals surface area (Å²) < 4.78 is 31.0. The molecule has 0 aromatic carbocycles. The first-order valence-electron chi connectivity index (χ1n) is 4.70. The van der Waals surface area contributed by atoms with Gasteiger partial charge in [0.15, 0.2) is 0 Å². The minimum absolute atomic E-state index is 0.239. The number of carbonyl (C=O) groups excluding carboxylic acids is 1. The van der Waals surface area contributed by atoms with Gasteiger partial charge in [0.25, 0.3) is 10.1 Å². The van der Waals surface area contributed by atoms with Crippen LogP contribution in [0.1, 0.15) is 25.7 Å². The van der Waals surface area contributed by atoms with Crippen LogP contribution in [0, 0.1) is 5.92 Å². The molecule has 1 aliphatic carbocycles. The van der Waals surface area contributed by atoms with E-state index in [0.29, 0.717) is 12.8 Å². The van der Waals surface area contributed by atoms with Gasteiger partial charge in [-0.1, -0.05) is 19.4 Å². The first-order valence-corrected chi connectivity index (χ1v) is 6.21. The Morgan fingerprint density at radius 1 is 1.33 bits per heavy atom. The van der Waals surface area contributed by atoms with Crippen LogP contribution in [0.15, 0.2) is 12.2 Å². The summed E-state index contributed by atoms with van der Waals surface area (Å²) in [6.07, 6.45) is 2.09. The van der Waals surface area contributed by atoms with Crippen molar-refractivity contribution < 1.29 is 22.9 Å². The lowest BCUT2D eigenvalue weighted by Gasteiger charge is -2.30. The molecular weight excluding hydrogens is 220 g/mol. The highest BCUT2D eigenvalue weighted by Gasteiger charge is 2.35. The van der Waals surface area contributed by atoms with Gasteiger partial charge >= 0.3 is 0 Å². The molecule has 0 saturated heterocycles. The number of hydrogen-bond donors (Lipinski definition) is 1. The van der Waals surface area contributed by atoms with Gasteiger partial charge < -0.3 is 9.90 Å². The van der Waals surface area contributed by atoms with Crippen molar-refractivity contribution in [2.75, 3.05) is 0 Å². The van der Waals surface area contributed by atoms with E-state index in [-0.39, 0.29) is 12.0 Å². The van der Waals surface area contributed by atoms with Crippen molar-refractivity contribution >= 4 is 16.1 Å². The summed E-state index contributed by atoms with van der Waals surface area (Å²) in [6, 6.07) is 0. The van der Waals surface area contributed by atoms with Crippen molar-refractivity contribution in [3.63, 3.8) is 0 Å². The maximum absolute atomic E-state index is 11.0. The lowest BCUT2D eigenvalue weighted by atomic mass is 9.84. The quantitative estimate of drug-likeness (QED) is 0.535. The standard InChI is InChI=1S/C9H14O5S/c1-6(9(10)11)7-4-2-3-5-8(7)15(12,13)14/h7-8H,1-5H2,(H,10,11)(H,12,13,14)/p-1. The zero-order valence-electron chi connectivity index (χ0n) is 8.18. The molecule has 0 aliphatic heterocycles. The van der Waals surface area contributed by atoms with Crippen molar-refractivity contribution in [1.29, 1.82) is 0 Å². The average Bonchev–Trinajstić information content (AvgIpc) is 2.15. The van der Waals surface area contributed by atoms with Gasteiger partial charge in [-0.3, -0.25) is 4.55 Å². The molecule has 2 atom stereocenters. The van der Waals surface area contributed by atoms with Crippen LogP contribution in [0.3, 0.4) is 0 Å². The van der Waals surface area contributed by atoms with Gasteiger partial charge in [0.05, 0.1) is 11.2 Å². The number of hydrogen-bond acceptors (Lipinski definition) is 4. The summed E-state index contributed by atoms with van der Waals surface area (Å²) in [5, 5.41) is 9.54. The number of rotatable bonds is 3. The minimum Gasteiger partial charge on any atom is -0.545 e. The molecule has 0 aromatic heterocycles. The molecule has 15 heavy (non-hydrogen) atoms. The summed E-state index contributed by atoms with van der Waals surface area (Å²) in [6.45, 7) is 3.30. The van der Waals surface area contributed by atoms with Crippen LogP contribution in [0.25, 0.3) is 0 Å². The van der Waals surface area contributed by atoms with Crippen LogP contribution in [0.4, 0.5) is 0 Å². The highest BCUT2D eigenvalue weighted by atomic mass is 32.2. The molecule has 0 aromatic rings. The Morgan fingerprint density at radius 2 is 1.87 bits per heavy atom. The van der Waals surface area contributed by atoms with Crippen LogP contribution in [0.2, 0.25) is 0 Å². The molecule has 1 aliphatic rings. The molecule has 0 amide bonds. The van der Waals surface area contributed by atoms with Gasteiger partial charge in [-0.2, -0.15) is 8.42 Å². The van der Waals surface area contributed by atoms with Gasteiger partial charge in [-0.15, -0.1) is 0 Å². The fourth-order valence-electron chi connectivity index (χ4n) is 2.00. The van der Waals surface area contributed by atoms with E-state index in [1.54, 1.807) is 0 Å². The molecule has 0 bridgehead atoms. The van der Waals surface area contributed by atoms with Crippen LogP contribution in [0.5, 0.6) is 0 Å². The second kappa shape index (κ2) is 4.32. The molecule has 6 heteroatoms. The van der Waals surface area contributed by atoms with E-state index >= 15 is 0 Å². The summed E-state index contributed by atoms with van der Waals surface area (Å²) in [5.74, 6) is -2.17. The predicted molar refractivity (Wildman–Crippen MR) is 51.4 cm³/mol. The summed E-state index contributed by atoms with van der Waals surface area (Å²) >= 11 is 0. The maximum atomic E-state index is 11.0. The van der Waals surface area contributed by atoms with Crippen molar-refractivity contribution in [2.45, 2.75) is 30.9 Å². The van der Waals surface area contributed by atoms with Crippen LogP contribution >= 0.6 is 0 Å². The van der Waals surface area contributed by atoms with Gasteiger partial charge in [-0.25, -0.2) is 0 Å². The summed E-state index contributed by atoms with van der Waals surface area (Å²) in [7, 11) is -4.21. The monoisotopic (exact) mass is 233 g/mol. The van der Waals surface area contributed by atoms with E-state index in [9.17, 15) is 18.3 Å². The molecule has 1 N–H and O–H groups in total. The van der Waals surface area contributed by atoms with E-state index in [4.69, 9.17) is 4.55 Å². The van der Waals surface area contributed by atoms with Crippen molar-refractivity contribution in [1.82, 2.24) is 0 Å². The SMILES string of the molecule is C=C(C(=O)[O-])C1CCCCC1S(=O)(=O)O. The second-order valence-corrected chi connectivity index (χ2v) is 5.39. The molecular formula is C9H13O5S-. The smallest absolute Gasteiger partial charge is 0.268 e. The Hall–Kier alpha value is -0.880. The Kier molecular flexibility index (Phi) is 3.51. The van der Waals surface area contributed by atoms with Gasteiger partial charge in [-0.05, 0) is 18.4 Å². The zero-order valence-corrected chi connectivity index (χ0v) is 9.00. The molecule has 2 unspecified atom stereocenters. The van der Waals surface area contributed by atoms with Crippen molar-refractivity contribution in [2.24, 2.45) is 5.92 Å². The molecule has 5 nitrogen and oxygen atoms in total. The Morgan fingerprint density at radius 3 is 2.33 bits per heavy atom. The fourth-order valence-corrected chi connectivity index (χ4v) is 3.18. The van der Waals surface area contributed by atoms with Crippen molar-refractivity contribution in [3.8, 4) is 0 Å². The van der Waals surface area contributed by atoms with E-state index in [2.05, 4.69) is 6.58 Å². The zero-order chi connectivity index (χ0) is 11.6. The van der Waals surface area contributed by atoms with E-state index in [1.807, 2.05) is 0 Å². The molecule has 1 fully saturated rings. The molecule has 1 saturated carbocycles. The molecule has 1 rings (SSSR count). The first kappa shape index (κ1) is 12.2. The third kappa shape index (κ3) is 2.79. The molecule has 0 heterocycles. The Bertz CT molecular complexity index is 370. The number of aliphatic carboxylic acids is 1. The number of carboxylic acids is 1. The molecule has 0 radical (unpaired) electrons. The highest BCUT2D eigenvalue weighted by Crippen LogP contribution is 2.33. The first-order chi connectivity index (χ1) is 6.84. The fraction of sp³-hybridized carbons (Fsp3) is 0.667. The topological polar surface area (TPSA) is 94.5 Å². The average molecular weight is 233 g/mol. The molecule has 86 valence electrons. The van der Waals surface area contributed by atoms with Gasteiger partial charge in [0, 0.05) is 5.92 Å². The lowest BCUT2D eigenvalue weighted by Crippen LogP contribution is -2.38. The van der Waals surface area contributed by atoms with Gasteiger partial charge in [0.2, 0.25) is 0 Å². The van der Waals surface area contributed by atoms with E-state index in [0.717, 1.165) is 6.42 Å². The minimum atomic E-state index is -4.21. The third-order valence-electron chi connectivity index (χ3n) is 2.79. The number of carboxylic acid groups (broad SMARTS) is 1. The summed E-state index contributed by atoms with van der Waals surface area (Å²) in [5.41, 5.74) is -0.239. The normalized spacial score (nSPS) is 27.3. The lowest BCUT2D eigenvalue weighted by molar-refractivity contribution is -0.300. The van der Waals surface area contributed by atoms with E-state index < -0.39 is 27.3 Å². The summed E-state index contributed by atoms with van der Waals surface area (Å²) in [4.78, 5) is 10.6.